The molecule has 0 radical (unpaired) electrons. The highest BCUT2D eigenvalue weighted by Crippen LogP contribution is 1.95. The summed E-state index contributed by atoms with van der Waals surface area (Å²) >= 11 is 0. The van der Waals surface area contributed by atoms with E-state index < -0.39 is 0 Å². The van der Waals surface area contributed by atoms with E-state index >= 15 is 0 Å². The highest BCUT2D eigenvalue weighted by atomic mass is 16.5. The number of aliphatic hydroxyl groups excluding tert-OH is 1. The number of amides is 1. The second-order valence-corrected chi connectivity index (χ2v) is 4.84. The number of nitrogens with two attached hydrogens (primary N) is 2. The second kappa shape index (κ2) is 17.7. The standard InChI is InChI=1S/C9H20N4O3.C6H14/c1-12-9(15)2-4-16-5-3-13(11)6-8(10)7-14;1-3-5-6-4-2/h6,14H,2-5,7,10-11H2,1H3,(H,12,15);3-6H2,1-2H3/b8-6-;. The van der Waals surface area contributed by atoms with Crippen molar-refractivity contribution in [2.45, 2.75) is 46.0 Å². The first-order valence-corrected chi connectivity index (χ1v) is 7.88. The summed E-state index contributed by atoms with van der Waals surface area (Å²) in [5, 5.41) is 12.4. The molecule has 0 saturated carbocycles. The van der Waals surface area contributed by atoms with Crippen LogP contribution in [0.25, 0.3) is 0 Å². The molecule has 0 spiro atoms. The smallest absolute Gasteiger partial charge is 0.222 e. The molecular formula is C15H34N4O3. The van der Waals surface area contributed by atoms with Crippen LogP contribution in [0.3, 0.4) is 0 Å². The first-order valence-electron chi connectivity index (χ1n) is 7.88. The zero-order valence-corrected chi connectivity index (χ0v) is 14.3. The highest BCUT2D eigenvalue weighted by molar-refractivity contribution is 5.75. The molecular weight excluding hydrogens is 284 g/mol. The van der Waals surface area contributed by atoms with Gasteiger partial charge in [0.25, 0.3) is 0 Å². The van der Waals surface area contributed by atoms with E-state index in [2.05, 4.69) is 19.2 Å². The van der Waals surface area contributed by atoms with Gasteiger partial charge < -0.3 is 25.9 Å². The first-order chi connectivity index (χ1) is 10.5. The van der Waals surface area contributed by atoms with Gasteiger partial charge in [0.05, 0.1) is 32.1 Å². The summed E-state index contributed by atoms with van der Waals surface area (Å²) in [6.07, 6.45) is 7.30. The van der Waals surface area contributed by atoms with Gasteiger partial charge in [-0.1, -0.05) is 39.5 Å². The number of carbonyl (C=O) groups excluding carboxylic acids is 1. The Labute approximate surface area is 134 Å². The Morgan fingerprint density at radius 1 is 1.27 bits per heavy atom. The normalized spacial score (nSPS) is 10.7. The van der Waals surface area contributed by atoms with Crippen molar-refractivity contribution in [2.75, 3.05) is 33.4 Å². The Kier molecular flexibility index (Phi) is 18.5. The number of carbonyl (C=O) groups is 1. The van der Waals surface area contributed by atoms with Crippen LogP contribution in [0.2, 0.25) is 0 Å². The third kappa shape index (κ3) is 18.7. The molecule has 0 aliphatic carbocycles. The van der Waals surface area contributed by atoms with E-state index in [4.69, 9.17) is 21.4 Å². The molecule has 0 unspecified atom stereocenters. The van der Waals surface area contributed by atoms with Crippen molar-refractivity contribution in [1.82, 2.24) is 10.3 Å². The van der Waals surface area contributed by atoms with Gasteiger partial charge in [-0.15, -0.1) is 0 Å². The van der Waals surface area contributed by atoms with Crippen molar-refractivity contribution < 1.29 is 14.6 Å². The number of aliphatic hydroxyl groups is 1. The van der Waals surface area contributed by atoms with Gasteiger partial charge in [0.15, 0.2) is 0 Å². The zero-order chi connectivity index (χ0) is 17.2. The summed E-state index contributed by atoms with van der Waals surface area (Å²) in [5.74, 6) is 5.46. The third-order valence-electron chi connectivity index (χ3n) is 2.72. The fraction of sp³-hybridized carbons (Fsp3) is 0.800. The van der Waals surface area contributed by atoms with Gasteiger partial charge in [0.1, 0.15) is 0 Å². The van der Waals surface area contributed by atoms with Crippen molar-refractivity contribution >= 4 is 5.91 Å². The van der Waals surface area contributed by atoms with Gasteiger partial charge >= 0.3 is 0 Å². The van der Waals surface area contributed by atoms with E-state index in [0.717, 1.165) is 0 Å². The molecule has 0 fully saturated rings. The molecule has 7 nitrogen and oxygen atoms in total. The average Bonchev–Trinajstić information content (AvgIpc) is 2.52. The van der Waals surface area contributed by atoms with Crippen molar-refractivity contribution in [2.24, 2.45) is 11.6 Å². The average molecular weight is 318 g/mol. The van der Waals surface area contributed by atoms with Crippen molar-refractivity contribution in [3.05, 3.63) is 11.9 Å². The lowest BCUT2D eigenvalue weighted by Gasteiger charge is -2.14. The molecule has 0 rings (SSSR count). The lowest BCUT2D eigenvalue weighted by molar-refractivity contribution is -0.121. The maximum absolute atomic E-state index is 10.8. The molecule has 0 heterocycles. The van der Waals surface area contributed by atoms with Crippen LogP contribution >= 0.6 is 0 Å². The molecule has 0 saturated heterocycles. The number of rotatable bonds is 11. The zero-order valence-electron chi connectivity index (χ0n) is 14.3. The van der Waals surface area contributed by atoms with Crippen LogP contribution in [-0.2, 0) is 9.53 Å². The SMILES string of the molecule is CCCCCC.CNC(=O)CCOCCN(N)/C=C(\N)CO. The van der Waals surface area contributed by atoms with Gasteiger partial charge in [-0.05, 0) is 0 Å². The van der Waals surface area contributed by atoms with E-state index in [9.17, 15) is 4.79 Å². The van der Waals surface area contributed by atoms with E-state index in [1.54, 1.807) is 7.05 Å². The van der Waals surface area contributed by atoms with Gasteiger partial charge in [-0.25, -0.2) is 5.84 Å². The van der Waals surface area contributed by atoms with Crippen LogP contribution in [0.4, 0.5) is 0 Å². The van der Waals surface area contributed by atoms with Crippen LogP contribution in [0.1, 0.15) is 46.0 Å². The maximum Gasteiger partial charge on any atom is 0.222 e. The molecule has 1 amide bonds. The van der Waals surface area contributed by atoms with Crippen LogP contribution in [0, 0.1) is 0 Å². The summed E-state index contributed by atoms with van der Waals surface area (Å²) in [7, 11) is 1.58. The van der Waals surface area contributed by atoms with Crippen molar-refractivity contribution in [3.8, 4) is 0 Å². The molecule has 0 bridgehead atoms. The van der Waals surface area contributed by atoms with Crippen LogP contribution < -0.4 is 16.9 Å². The number of nitrogens with one attached hydrogen (secondary N) is 1. The Hall–Kier alpha value is -1.31. The van der Waals surface area contributed by atoms with Crippen molar-refractivity contribution in [1.29, 1.82) is 0 Å². The lowest BCUT2D eigenvalue weighted by Crippen LogP contribution is -2.31. The van der Waals surface area contributed by atoms with Gasteiger partial charge in [-0.2, -0.15) is 0 Å². The predicted molar refractivity (Wildman–Crippen MR) is 89.6 cm³/mol. The summed E-state index contributed by atoms with van der Waals surface area (Å²) in [6, 6.07) is 0. The minimum absolute atomic E-state index is 0.0611. The number of nitrogens with zero attached hydrogens (tertiary/aromatic N) is 1. The fourth-order valence-corrected chi connectivity index (χ4v) is 1.38. The van der Waals surface area contributed by atoms with Crippen LogP contribution in [-0.4, -0.2) is 49.4 Å². The van der Waals surface area contributed by atoms with Crippen LogP contribution in [0.5, 0.6) is 0 Å². The lowest BCUT2D eigenvalue weighted by atomic mass is 10.2. The van der Waals surface area contributed by atoms with Crippen molar-refractivity contribution in [3.63, 3.8) is 0 Å². The largest absolute Gasteiger partial charge is 0.399 e. The molecule has 0 aromatic rings. The van der Waals surface area contributed by atoms with Gasteiger partial charge in [-0.3, -0.25) is 4.79 Å². The molecule has 7 heteroatoms. The fourth-order valence-electron chi connectivity index (χ4n) is 1.38. The molecule has 0 aliphatic heterocycles. The van der Waals surface area contributed by atoms with E-state index in [0.29, 0.717) is 26.2 Å². The molecule has 22 heavy (non-hydrogen) atoms. The van der Waals surface area contributed by atoms with Crippen LogP contribution in [0.15, 0.2) is 11.9 Å². The molecule has 132 valence electrons. The molecule has 6 N–H and O–H groups in total. The summed E-state index contributed by atoms with van der Waals surface area (Å²) in [4.78, 5) is 10.8. The number of hydrogen-bond donors (Lipinski definition) is 4. The summed E-state index contributed by atoms with van der Waals surface area (Å²) < 4.78 is 5.18. The van der Waals surface area contributed by atoms with Gasteiger partial charge in [0, 0.05) is 19.7 Å². The minimum atomic E-state index is -0.231. The Balaban J connectivity index is 0. The Bertz CT molecular complexity index is 282. The molecule has 0 aromatic carbocycles. The Morgan fingerprint density at radius 2 is 1.86 bits per heavy atom. The summed E-state index contributed by atoms with van der Waals surface area (Å²) in [5.41, 5.74) is 5.64. The predicted octanol–water partition coefficient (Wildman–Crippen LogP) is 0.694. The third-order valence-corrected chi connectivity index (χ3v) is 2.72. The van der Waals surface area contributed by atoms with E-state index in [-0.39, 0.29) is 18.2 Å². The monoisotopic (exact) mass is 318 g/mol. The molecule has 0 aromatic heterocycles. The first kappa shape index (κ1) is 23.0. The molecule has 0 aliphatic rings. The minimum Gasteiger partial charge on any atom is -0.399 e. The maximum atomic E-state index is 10.8. The number of ether oxygens (including phenoxy) is 1. The number of hydrazine groups is 1. The number of hydrogen-bond acceptors (Lipinski definition) is 6. The second-order valence-electron chi connectivity index (χ2n) is 4.84. The summed E-state index contributed by atoms with van der Waals surface area (Å²) in [6.45, 7) is 5.42. The Morgan fingerprint density at radius 3 is 2.32 bits per heavy atom. The van der Waals surface area contributed by atoms with E-state index in [1.807, 2.05) is 0 Å². The van der Waals surface area contributed by atoms with Gasteiger partial charge in [0.2, 0.25) is 5.91 Å². The molecule has 0 atom stereocenters. The van der Waals surface area contributed by atoms with E-state index in [1.165, 1.54) is 36.9 Å². The number of unbranched alkanes of at least 4 members (excludes halogenated alkanes) is 3. The highest BCUT2D eigenvalue weighted by Gasteiger charge is 1.98. The topological polar surface area (TPSA) is 114 Å². The quantitative estimate of drug-likeness (QED) is 0.253.